The minimum atomic E-state index is 0.00320. The van der Waals surface area contributed by atoms with Crippen LogP contribution in [0.25, 0.3) is 0 Å². The maximum atomic E-state index is 5.99. The van der Waals surface area contributed by atoms with Crippen molar-refractivity contribution in [2.24, 2.45) is 10.7 Å². The zero-order valence-electron chi connectivity index (χ0n) is 12.6. The molecule has 2 aromatic rings. The van der Waals surface area contributed by atoms with Gasteiger partial charge >= 0.3 is 0 Å². The molecule has 0 fully saturated rings. The third kappa shape index (κ3) is 5.30. The summed E-state index contributed by atoms with van der Waals surface area (Å²) in [6, 6.07) is 18.1. The third-order valence-electron chi connectivity index (χ3n) is 3.10. The predicted octanol–water partition coefficient (Wildman–Crippen LogP) is 3.36. The first-order valence-corrected chi connectivity index (χ1v) is 7.19. The predicted molar refractivity (Wildman–Crippen MR) is 87.9 cm³/mol. The van der Waals surface area contributed by atoms with E-state index in [0.717, 1.165) is 5.75 Å². The smallest absolute Gasteiger partial charge is 0.119 e. The SMILES string of the molecule is Cc1cccc(CC(N)=NCC(C)Oc2ccccc2)c1. The van der Waals surface area contributed by atoms with Gasteiger partial charge in [-0.25, -0.2) is 0 Å². The minimum absolute atomic E-state index is 0.00320. The van der Waals surface area contributed by atoms with Crippen LogP contribution in [0.1, 0.15) is 18.1 Å². The van der Waals surface area contributed by atoms with Crippen LogP contribution in [-0.2, 0) is 6.42 Å². The van der Waals surface area contributed by atoms with E-state index in [1.165, 1.54) is 11.1 Å². The molecule has 0 heterocycles. The Balaban J connectivity index is 1.85. The van der Waals surface area contributed by atoms with Gasteiger partial charge < -0.3 is 10.5 Å². The number of nitrogens with two attached hydrogens (primary N) is 1. The summed E-state index contributed by atoms with van der Waals surface area (Å²) in [6.45, 7) is 4.63. The molecule has 2 rings (SSSR count). The molecule has 1 unspecified atom stereocenters. The molecule has 0 aliphatic rings. The topological polar surface area (TPSA) is 47.6 Å². The van der Waals surface area contributed by atoms with Crippen LogP contribution < -0.4 is 10.5 Å². The average molecular weight is 282 g/mol. The number of rotatable bonds is 6. The van der Waals surface area contributed by atoms with Crippen LogP contribution in [0, 0.1) is 6.92 Å². The summed E-state index contributed by atoms with van der Waals surface area (Å²) in [5.41, 5.74) is 8.42. The molecule has 0 amide bonds. The molecule has 0 saturated carbocycles. The van der Waals surface area contributed by atoms with E-state index >= 15 is 0 Å². The lowest BCUT2D eigenvalue weighted by Gasteiger charge is -2.12. The first-order chi connectivity index (χ1) is 10.1. The maximum absolute atomic E-state index is 5.99. The van der Waals surface area contributed by atoms with Gasteiger partial charge in [-0.2, -0.15) is 0 Å². The van der Waals surface area contributed by atoms with Gasteiger partial charge in [0.25, 0.3) is 0 Å². The van der Waals surface area contributed by atoms with Crippen LogP contribution in [0.2, 0.25) is 0 Å². The molecular formula is C18H22N2O. The molecule has 0 aliphatic carbocycles. The summed E-state index contributed by atoms with van der Waals surface area (Å²) in [7, 11) is 0. The van der Waals surface area contributed by atoms with Gasteiger partial charge in [0.2, 0.25) is 0 Å². The van der Waals surface area contributed by atoms with E-state index in [1.807, 2.05) is 43.3 Å². The second-order valence-corrected chi connectivity index (χ2v) is 5.24. The number of hydrogen-bond donors (Lipinski definition) is 1. The lowest BCUT2D eigenvalue weighted by atomic mass is 10.1. The van der Waals surface area contributed by atoms with Crippen molar-refractivity contribution >= 4 is 5.84 Å². The number of nitrogens with zero attached hydrogens (tertiary/aromatic N) is 1. The number of amidine groups is 1. The second kappa shape index (κ2) is 7.48. The van der Waals surface area contributed by atoms with E-state index in [2.05, 4.69) is 30.1 Å². The Morgan fingerprint density at radius 2 is 1.90 bits per heavy atom. The van der Waals surface area contributed by atoms with E-state index in [4.69, 9.17) is 10.5 Å². The first kappa shape index (κ1) is 15.1. The van der Waals surface area contributed by atoms with Crippen LogP contribution >= 0.6 is 0 Å². The van der Waals surface area contributed by atoms with Gasteiger partial charge in [0.05, 0.1) is 12.4 Å². The monoisotopic (exact) mass is 282 g/mol. The summed E-state index contributed by atoms with van der Waals surface area (Å²) >= 11 is 0. The van der Waals surface area contributed by atoms with Gasteiger partial charge in [-0.05, 0) is 31.5 Å². The van der Waals surface area contributed by atoms with Crippen molar-refractivity contribution in [3.05, 3.63) is 65.7 Å². The fraction of sp³-hybridized carbons (Fsp3) is 0.278. The van der Waals surface area contributed by atoms with E-state index < -0.39 is 0 Å². The summed E-state index contributed by atoms with van der Waals surface area (Å²) in [4.78, 5) is 4.41. The summed E-state index contributed by atoms with van der Waals surface area (Å²) in [6.07, 6.45) is 0.683. The number of hydrogen-bond acceptors (Lipinski definition) is 2. The zero-order chi connectivity index (χ0) is 15.1. The van der Waals surface area contributed by atoms with Gasteiger partial charge in [-0.3, -0.25) is 4.99 Å². The Morgan fingerprint density at radius 3 is 2.62 bits per heavy atom. The lowest BCUT2D eigenvalue weighted by Crippen LogP contribution is -2.21. The minimum Gasteiger partial charge on any atom is -0.489 e. The fourth-order valence-electron chi connectivity index (χ4n) is 2.10. The van der Waals surface area contributed by atoms with Crippen molar-refractivity contribution in [1.82, 2.24) is 0 Å². The molecule has 0 spiro atoms. The van der Waals surface area contributed by atoms with Crippen molar-refractivity contribution in [3.63, 3.8) is 0 Å². The van der Waals surface area contributed by atoms with Crippen LogP contribution in [0.15, 0.2) is 59.6 Å². The molecule has 3 nitrogen and oxygen atoms in total. The molecule has 0 bridgehead atoms. The van der Waals surface area contributed by atoms with Gasteiger partial charge in [0.1, 0.15) is 11.9 Å². The molecule has 0 radical (unpaired) electrons. The van der Waals surface area contributed by atoms with Crippen molar-refractivity contribution in [2.45, 2.75) is 26.4 Å². The van der Waals surface area contributed by atoms with E-state index in [0.29, 0.717) is 18.8 Å². The molecule has 3 heteroatoms. The van der Waals surface area contributed by atoms with Crippen molar-refractivity contribution in [2.75, 3.05) is 6.54 Å². The van der Waals surface area contributed by atoms with E-state index in [1.54, 1.807) is 0 Å². The van der Waals surface area contributed by atoms with Crippen molar-refractivity contribution in [3.8, 4) is 5.75 Å². The van der Waals surface area contributed by atoms with Crippen LogP contribution in [0.3, 0.4) is 0 Å². The number of benzene rings is 2. The van der Waals surface area contributed by atoms with Gasteiger partial charge in [0, 0.05) is 6.42 Å². The Morgan fingerprint density at radius 1 is 1.14 bits per heavy atom. The molecule has 1 atom stereocenters. The summed E-state index contributed by atoms with van der Waals surface area (Å²) in [5.74, 6) is 1.50. The first-order valence-electron chi connectivity index (χ1n) is 7.19. The Kier molecular flexibility index (Phi) is 5.38. The normalized spacial score (nSPS) is 13.0. The zero-order valence-corrected chi connectivity index (χ0v) is 12.6. The number of ether oxygens (including phenoxy) is 1. The van der Waals surface area contributed by atoms with Crippen LogP contribution in [0.4, 0.5) is 0 Å². The van der Waals surface area contributed by atoms with Gasteiger partial charge in [0.15, 0.2) is 0 Å². The number of aliphatic imine (C=N–C) groups is 1. The highest BCUT2D eigenvalue weighted by molar-refractivity contribution is 5.82. The molecular weight excluding hydrogens is 260 g/mol. The molecule has 0 aromatic heterocycles. The van der Waals surface area contributed by atoms with Crippen LogP contribution in [0.5, 0.6) is 5.75 Å². The van der Waals surface area contributed by atoms with Crippen molar-refractivity contribution in [1.29, 1.82) is 0 Å². The number of aryl methyl sites for hydroxylation is 1. The lowest BCUT2D eigenvalue weighted by molar-refractivity contribution is 0.230. The highest BCUT2D eigenvalue weighted by Crippen LogP contribution is 2.11. The Labute approximate surface area is 126 Å². The highest BCUT2D eigenvalue weighted by atomic mass is 16.5. The van der Waals surface area contributed by atoms with Gasteiger partial charge in [-0.1, -0.05) is 48.0 Å². The molecule has 2 aromatic carbocycles. The Hall–Kier alpha value is -2.29. The quantitative estimate of drug-likeness (QED) is 0.652. The fourth-order valence-corrected chi connectivity index (χ4v) is 2.10. The molecule has 110 valence electrons. The second-order valence-electron chi connectivity index (χ2n) is 5.24. The molecule has 0 aliphatic heterocycles. The highest BCUT2D eigenvalue weighted by Gasteiger charge is 2.03. The van der Waals surface area contributed by atoms with Crippen molar-refractivity contribution < 1.29 is 4.74 Å². The average Bonchev–Trinajstić information content (AvgIpc) is 2.46. The van der Waals surface area contributed by atoms with E-state index in [-0.39, 0.29) is 6.10 Å². The molecule has 2 N–H and O–H groups in total. The summed E-state index contributed by atoms with van der Waals surface area (Å²) in [5, 5.41) is 0. The van der Waals surface area contributed by atoms with Crippen LogP contribution in [-0.4, -0.2) is 18.5 Å². The number of para-hydroxylation sites is 1. The molecule has 0 saturated heterocycles. The largest absolute Gasteiger partial charge is 0.489 e. The maximum Gasteiger partial charge on any atom is 0.119 e. The third-order valence-corrected chi connectivity index (χ3v) is 3.10. The van der Waals surface area contributed by atoms with Gasteiger partial charge in [-0.15, -0.1) is 0 Å². The standard InChI is InChI=1S/C18H22N2O/c1-14-7-6-8-16(11-14)12-18(19)20-13-15(2)21-17-9-4-3-5-10-17/h3-11,15H,12-13H2,1-2H3,(H2,19,20). The summed E-state index contributed by atoms with van der Waals surface area (Å²) < 4.78 is 5.77. The van der Waals surface area contributed by atoms with E-state index in [9.17, 15) is 0 Å². The molecule has 21 heavy (non-hydrogen) atoms. The Bertz CT molecular complexity index is 593.